The molecule has 34 heavy (non-hydrogen) atoms. The van der Waals surface area contributed by atoms with E-state index >= 15 is 0 Å². The summed E-state index contributed by atoms with van der Waals surface area (Å²) >= 11 is 8.19. The second kappa shape index (κ2) is 10.8. The van der Waals surface area contributed by atoms with Crippen molar-refractivity contribution in [1.82, 2.24) is 5.32 Å². The van der Waals surface area contributed by atoms with Crippen LogP contribution in [0.5, 0.6) is 23.0 Å². The SMILES string of the molecule is C=CCOc1c(I)cc(C=C2C(=O)NC(=O)N(c3cc(OC)c(Cl)cc3OC)C2=O)cc1OC. The predicted octanol–water partition coefficient (Wildman–Crippen LogP) is 4.20. The first-order valence-electron chi connectivity index (χ1n) is 9.69. The second-order valence-corrected chi connectivity index (χ2v) is 8.32. The summed E-state index contributed by atoms with van der Waals surface area (Å²) in [6.07, 6.45) is 2.96. The average molecular weight is 599 g/mol. The largest absolute Gasteiger partial charge is 0.495 e. The molecule has 9 nitrogen and oxygen atoms in total. The molecular formula is C23H20ClIN2O7. The van der Waals surface area contributed by atoms with E-state index in [-0.39, 0.29) is 34.4 Å². The molecule has 0 atom stereocenters. The van der Waals surface area contributed by atoms with Crippen LogP contribution in [0.3, 0.4) is 0 Å². The fraction of sp³-hybridized carbons (Fsp3) is 0.174. The van der Waals surface area contributed by atoms with Crippen LogP contribution in [0.4, 0.5) is 10.5 Å². The Labute approximate surface area is 214 Å². The fourth-order valence-corrected chi connectivity index (χ4v) is 4.18. The molecule has 0 aliphatic carbocycles. The molecule has 1 heterocycles. The van der Waals surface area contributed by atoms with E-state index in [1.165, 1.54) is 39.5 Å². The van der Waals surface area contributed by atoms with E-state index in [0.717, 1.165) is 4.90 Å². The number of anilines is 1. The van der Waals surface area contributed by atoms with Crippen molar-refractivity contribution in [3.8, 4) is 23.0 Å². The quantitative estimate of drug-likeness (QED) is 0.210. The maximum atomic E-state index is 13.3. The smallest absolute Gasteiger partial charge is 0.336 e. The average Bonchev–Trinajstić information content (AvgIpc) is 2.81. The molecule has 1 aliphatic rings. The molecule has 0 radical (unpaired) electrons. The van der Waals surface area contributed by atoms with Gasteiger partial charge in [0.25, 0.3) is 11.8 Å². The van der Waals surface area contributed by atoms with Gasteiger partial charge in [0.2, 0.25) is 0 Å². The van der Waals surface area contributed by atoms with Crippen LogP contribution in [-0.4, -0.2) is 45.8 Å². The van der Waals surface area contributed by atoms with Gasteiger partial charge in [-0.3, -0.25) is 14.9 Å². The monoisotopic (exact) mass is 598 g/mol. The van der Waals surface area contributed by atoms with Gasteiger partial charge in [0.1, 0.15) is 23.7 Å². The van der Waals surface area contributed by atoms with Crippen molar-refractivity contribution in [2.45, 2.75) is 0 Å². The minimum Gasteiger partial charge on any atom is -0.495 e. The number of hydrogen-bond acceptors (Lipinski definition) is 7. The van der Waals surface area contributed by atoms with Gasteiger partial charge in [-0.1, -0.05) is 24.3 Å². The Morgan fingerprint density at radius 1 is 1.03 bits per heavy atom. The van der Waals surface area contributed by atoms with E-state index in [1.54, 1.807) is 18.2 Å². The van der Waals surface area contributed by atoms with Gasteiger partial charge in [-0.15, -0.1) is 0 Å². The number of carbonyl (C=O) groups excluding carboxylic acids is 3. The van der Waals surface area contributed by atoms with Crippen molar-refractivity contribution in [3.05, 3.63) is 56.6 Å². The van der Waals surface area contributed by atoms with Crippen molar-refractivity contribution in [3.63, 3.8) is 0 Å². The third kappa shape index (κ3) is 4.97. The molecule has 1 N–H and O–H groups in total. The van der Waals surface area contributed by atoms with Gasteiger partial charge < -0.3 is 18.9 Å². The molecular weight excluding hydrogens is 579 g/mol. The molecule has 4 amide bonds. The molecule has 0 spiro atoms. The van der Waals surface area contributed by atoms with Gasteiger partial charge >= 0.3 is 6.03 Å². The lowest BCUT2D eigenvalue weighted by Crippen LogP contribution is -2.54. The molecule has 1 saturated heterocycles. The van der Waals surface area contributed by atoms with Gasteiger partial charge in [0, 0.05) is 12.1 Å². The van der Waals surface area contributed by atoms with Gasteiger partial charge in [-0.05, 0) is 46.4 Å². The fourth-order valence-electron chi connectivity index (χ4n) is 3.17. The highest BCUT2D eigenvalue weighted by Gasteiger charge is 2.38. The van der Waals surface area contributed by atoms with Crippen LogP contribution < -0.4 is 29.2 Å². The number of benzene rings is 2. The summed E-state index contributed by atoms with van der Waals surface area (Å²) in [7, 11) is 4.23. The Bertz CT molecular complexity index is 1210. The molecule has 1 fully saturated rings. The summed E-state index contributed by atoms with van der Waals surface area (Å²) in [6, 6.07) is 5.17. The van der Waals surface area contributed by atoms with Crippen LogP contribution in [0, 0.1) is 3.57 Å². The van der Waals surface area contributed by atoms with Gasteiger partial charge in [-0.25, -0.2) is 9.69 Å². The highest BCUT2D eigenvalue weighted by molar-refractivity contribution is 14.1. The molecule has 0 aromatic heterocycles. The van der Waals surface area contributed by atoms with Crippen molar-refractivity contribution in [1.29, 1.82) is 0 Å². The molecule has 11 heteroatoms. The third-order valence-electron chi connectivity index (χ3n) is 4.70. The lowest BCUT2D eigenvalue weighted by atomic mass is 10.1. The number of rotatable bonds is 8. The lowest BCUT2D eigenvalue weighted by molar-refractivity contribution is -0.122. The van der Waals surface area contributed by atoms with Crippen molar-refractivity contribution < 1.29 is 33.3 Å². The zero-order valence-electron chi connectivity index (χ0n) is 18.4. The number of barbiturate groups is 1. The Morgan fingerprint density at radius 2 is 1.71 bits per heavy atom. The van der Waals surface area contributed by atoms with Crippen LogP contribution in [0.1, 0.15) is 5.56 Å². The number of methoxy groups -OCH3 is 3. The molecule has 0 saturated carbocycles. The summed E-state index contributed by atoms with van der Waals surface area (Å²) in [5.74, 6) is -0.428. The van der Waals surface area contributed by atoms with E-state index in [4.69, 9.17) is 30.5 Å². The van der Waals surface area contributed by atoms with Crippen LogP contribution in [0.2, 0.25) is 5.02 Å². The highest BCUT2D eigenvalue weighted by Crippen LogP contribution is 2.40. The number of carbonyl (C=O) groups is 3. The number of ether oxygens (including phenoxy) is 4. The number of halogens is 2. The predicted molar refractivity (Wildman–Crippen MR) is 135 cm³/mol. The number of nitrogens with zero attached hydrogens (tertiary/aromatic N) is 1. The number of nitrogens with one attached hydrogen (secondary N) is 1. The summed E-state index contributed by atoms with van der Waals surface area (Å²) in [4.78, 5) is 39.3. The van der Waals surface area contributed by atoms with E-state index in [9.17, 15) is 14.4 Å². The molecule has 0 unspecified atom stereocenters. The lowest BCUT2D eigenvalue weighted by Gasteiger charge is -2.28. The summed E-state index contributed by atoms with van der Waals surface area (Å²) in [5.41, 5.74) is 0.277. The maximum Gasteiger partial charge on any atom is 0.336 e. The van der Waals surface area contributed by atoms with Gasteiger partial charge in [0.15, 0.2) is 11.5 Å². The van der Waals surface area contributed by atoms with Crippen LogP contribution in [0.15, 0.2) is 42.5 Å². The first-order chi connectivity index (χ1) is 16.2. The zero-order chi connectivity index (χ0) is 25.0. The number of amides is 4. The number of imide groups is 2. The van der Waals surface area contributed by atoms with Crippen molar-refractivity contribution in [2.75, 3.05) is 32.8 Å². The van der Waals surface area contributed by atoms with E-state index in [2.05, 4.69) is 34.5 Å². The summed E-state index contributed by atoms with van der Waals surface area (Å²) in [6.45, 7) is 3.90. The number of hydrogen-bond donors (Lipinski definition) is 1. The summed E-state index contributed by atoms with van der Waals surface area (Å²) in [5, 5.41) is 2.40. The Balaban J connectivity index is 2.08. The molecule has 2 aromatic rings. The Morgan fingerprint density at radius 3 is 2.32 bits per heavy atom. The van der Waals surface area contributed by atoms with E-state index in [0.29, 0.717) is 20.6 Å². The van der Waals surface area contributed by atoms with E-state index < -0.39 is 17.8 Å². The molecule has 178 valence electrons. The van der Waals surface area contributed by atoms with Crippen LogP contribution in [-0.2, 0) is 9.59 Å². The minimum atomic E-state index is -0.935. The highest BCUT2D eigenvalue weighted by atomic mass is 127. The minimum absolute atomic E-state index is 0.0602. The Hall–Kier alpha value is -3.25. The first kappa shape index (κ1) is 25.4. The van der Waals surface area contributed by atoms with Gasteiger partial charge in [-0.2, -0.15) is 0 Å². The Kier molecular flexibility index (Phi) is 8.05. The normalized spacial score (nSPS) is 14.7. The standard InChI is InChI=1S/C23H20ClIN2O7/c1-5-6-34-20-15(25)8-12(9-19(20)33-4)7-13-21(28)26-23(30)27(22(13)29)16-11-17(31-2)14(24)10-18(16)32-3/h5,7-11H,1,6H2,2-4H3,(H,26,28,30). The topological polar surface area (TPSA) is 103 Å². The first-order valence-corrected chi connectivity index (χ1v) is 11.2. The molecule has 3 rings (SSSR count). The van der Waals surface area contributed by atoms with Gasteiger partial charge in [0.05, 0.1) is 35.6 Å². The summed E-state index contributed by atoms with van der Waals surface area (Å²) < 4.78 is 22.2. The van der Waals surface area contributed by atoms with Crippen LogP contribution in [0.25, 0.3) is 6.08 Å². The third-order valence-corrected chi connectivity index (χ3v) is 5.80. The van der Waals surface area contributed by atoms with Crippen LogP contribution >= 0.6 is 34.2 Å². The van der Waals surface area contributed by atoms with Crippen molar-refractivity contribution >= 4 is 63.8 Å². The second-order valence-electron chi connectivity index (χ2n) is 6.75. The molecule has 0 bridgehead atoms. The molecule has 1 aliphatic heterocycles. The molecule has 2 aromatic carbocycles. The number of urea groups is 1. The zero-order valence-corrected chi connectivity index (χ0v) is 21.4. The van der Waals surface area contributed by atoms with Crippen molar-refractivity contribution in [2.24, 2.45) is 0 Å². The maximum absolute atomic E-state index is 13.3. The van der Waals surface area contributed by atoms with E-state index in [1.807, 2.05) is 0 Å².